The van der Waals surface area contributed by atoms with E-state index >= 15 is 0 Å². The quantitative estimate of drug-likeness (QED) is 0.842. The van der Waals surface area contributed by atoms with E-state index in [-0.39, 0.29) is 5.78 Å². The van der Waals surface area contributed by atoms with Crippen LogP contribution in [0.5, 0.6) is 5.75 Å². The normalized spacial score (nSPS) is 10.2. The summed E-state index contributed by atoms with van der Waals surface area (Å²) in [6.45, 7) is 0. The molecule has 2 rings (SSSR count). The van der Waals surface area contributed by atoms with Crippen LogP contribution < -0.4 is 4.74 Å². The number of hydrogen-bond donors (Lipinski definition) is 0. The third kappa shape index (κ3) is 3.80. The Morgan fingerprint density at radius 2 is 1.95 bits per heavy atom. The first-order valence-corrected chi connectivity index (χ1v) is 6.30. The highest BCUT2D eigenvalue weighted by Crippen LogP contribution is 2.16. The Labute approximate surface area is 117 Å². The minimum atomic E-state index is 0.123. The van der Waals surface area contributed by atoms with Crippen LogP contribution >= 0.6 is 11.6 Å². The fourth-order valence-corrected chi connectivity index (χ4v) is 1.98. The van der Waals surface area contributed by atoms with Crippen LogP contribution in [-0.4, -0.2) is 17.9 Å². The zero-order chi connectivity index (χ0) is 13.7. The summed E-state index contributed by atoms with van der Waals surface area (Å²) in [5.74, 6) is 0.909. The van der Waals surface area contributed by atoms with Crippen molar-refractivity contribution in [2.24, 2.45) is 0 Å². The van der Waals surface area contributed by atoms with Gasteiger partial charge < -0.3 is 4.74 Å². The minimum absolute atomic E-state index is 0.123. The monoisotopic (exact) mass is 275 g/mol. The number of methoxy groups -OCH3 is 1. The average molecular weight is 276 g/mol. The predicted molar refractivity (Wildman–Crippen MR) is 74.7 cm³/mol. The summed E-state index contributed by atoms with van der Waals surface area (Å²) in [5, 5.41) is 0.533. The number of Topliss-reactive ketones (excluding diaryl/α,β-unsaturated/α-hetero) is 1. The fourth-order valence-electron chi connectivity index (χ4n) is 1.79. The van der Waals surface area contributed by atoms with E-state index in [9.17, 15) is 4.79 Å². The Bertz CT molecular complexity index is 567. The van der Waals surface area contributed by atoms with E-state index in [0.717, 1.165) is 16.9 Å². The number of carbonyl (C=O) groups is 1. The van der Waals surface area contributed by atoms with Gasteiger partial charge in [0, 0.05) is 25.2 Å². The summed E-state index contributed by atoms with van der Waals surface area (Å²) >= 11 is 5.98. The van der Waals surface area contributed by atoms with Gasteiger partial charge in [0.15, 0.2) is 0 Å². The van der Waals surface area contributed by atoms with Crippen molar-refractivity contribution in [1.82, 2.24) is 4.98 Å². The summed E-state index contributed by atoms with van der Waals surface area (Å²) < 4.78 is 5.08. The molecule has 0 radical (unpaired) electrons. The average Bonchev–Trinajstić information content (AvgIpc) is 2.42. The predicted octanol–water partition coefficient (Wildman–Crippen LogP) is 3.10. The van der Waals surface area contributed by atoms with E-state index in [1.807, 2.05) is 24.3 Å². The summed E-state index contributed by atoms with van der Waals surface area (Å²) in [6.07, 6.45) is 3.91. The molecule has 1 heterocycles. The first-order chi connectivity index (χ1) is 9.19. The van der Waals surface area contributed by atoms with Crippen molar-refractivity contribution in [1.29, 1.82) is 0 Å². The second kappa shape index (κ2) is 6.34. The van der Waals surface area contributed by atoms with Gasteiger partial charge in [0.05, 0.1) is 12.1 Å². The Morgan fingerprint density at radius 1 is 1.21 bits per heavy atom. The lowest BCUT2D eigenvalue weighted by Crippen LogP contribution is -2.07. The third-order valence-electron chi connectivity index (χ3n) is 2.80. The van der Waals surface area contributed by atoms with Gasteiger partial charge in [0.25, 0.3) is 0 Å². The maximum absolute atomic E-state index is 12.0. The van der Waals surface area contributed by atoms with Crippen LogP contribution in [0.4, 0.5) is 0 Å². The molecule has 0 bridgehead atoms. The molecule has 0 aliphatic carbocycles. The summed E-state index contributed by atoms with van der Waals surface area (Å²) in [4.78, 5) is 15.9. The molecule has 2 aromatic rings. The van der Waals surface area contributed by atoms with Gasteiger partial charge in [0.2, 0.25) is 0 Å². The Morgan fingerprint density at radius 3 is 2.58 bits per heavy atom. The van der Waals surface area contributed by atoms with Gasteiger partial charge in [-0.15, -0.1) is 0 Å². The van der Waals surface area contributed by atoms with Crippen molar-refractivity contribution in [2.75, 3.05) is 7.11 Å². The van der Waals surface area contributed by atoms with Crippen molar-refractivity contribution in [3.8, 4) is 5.75 Å². The zero-order valence-corrected chi connectivity index (χ0v) is 11.4. The van der Waals surface area contributed by atoms with Crippen molar-refractivity contribution in [3.63, 3.8) is 0 Å². The molecule has 0 fully saturated rings. The van der Waals surface area contributed by atoms with Gasteiger partial charge in [-0.05, 0) is 29.3 Å². The number of carbonyl (C=O) groups excluding carboxylic acids is 1. The molecule has 98 valence electrons. The number of ketones is 1. The second-order valence-corrected chi connectivity index (χ2v) is 4.61. The molecule has 0 spiro atoms. The molecule has 0 atom stereocenters. The van der Waals surface area contributed by atoms with Gasteiger partial charge in [-0.2, -0.15) is 0 Å². The molecule has 0 N–H and O–H groups in total. The van der Waals surface area contributed by atoms with Crippen molar-refractivity contribution in [2.45, 2.75) is 12.8 Å². The van der Waals surface area contributed by atoms with Crippen LogP contribution in [0.15, 0.2) is 42.7 Å². The third-order valence-corrected chi connectivity index (χ3v) is 3.14. The van der Waals surface area contributed by atoms with Crippen LogP contribution in [0.2, 0.25) is 5.02 Å². The van der Waals surface area contributed by atoms with Gasteiger partial charge in [-0.3, -0.25) is 9.78 Å². The number of rotatable bonds is 5. The van der Waals surface area contributed by atoms with Crippen molar-refractivity contribution in [3.05, 3.63) is 58.9 Å². The fraction of sp³-hybridized carbons (Fsp3) is 0.200. The minimum Gasteiger partial charge on any atom is -0.497 e. The molecule has 4 heteroatoms. The van der Waals surface area contributed by atoms with E-state index < -0.39 is 0 Å². The van der Waals surface area contributed by atoms with Gasteiger partial charge in [-0.25, -0.2) is 0 Å². The van der Waals surface area contributed by atoms with E-state index in [1.165, 1.54) is 0 Å². The lowest BCUT2D eigenvalue weighted by Gasteiger charge is -2.04. The molecule has 19 heavy (non-hydrogen) atoms. The first kappa shape index (κ1) is 13.6. The molecular formula is C15H14ClNO2. The number of nitrogens with zero attached hydrogens (tertiary/aromatic N) is 1. The lowest BCUT2D eigenvalue weighted by molar-refractivity contribution is -0.117. The molecular weight excluding hydrogens is 262 g/mol. The molecule has 0 aliphatic heterocycles. The highest BCUT2D eigenvalue weighted by Gasteiger charge is 2.08. The number of aromatic nitrogens is 1. The molecule has 0 aliphatic rings. The number of halogens is 1. The highest BCUT2D eigenvalue weighted by atomic mass is 35.5. The molecule has 1 aromatic heterocycles. The standard InChI is InChI=1S/C15H14ClNO2/c1-19-14-4-2-11(3-5-14)8-13(18)9-12-6-7-17-10-15(12)16/h2-7,10H,8-9H2,1H3. The summed E-state index contributed by atoms with van der Waals surface area (Å²) in [7, 11) is 1.62. The van der Waals surface area contributed by atoms with Crippen molar-refractivity contribution < 1.29 is 9.53 Å². The van der Waals surface area contributed by atoms with E-state index in [0.29, 0.717) is 17.9 Å². The van der Waals surface area contributed by atoms with E-state index in [1.54, 1.807) is 25.6 Å². The number of hydrogen-bond acceptors (Lipinski definition) is 3. The zero-order valence-electron chi connectivity index (χ0n) is 10.6. The Kier molecular flexibility index (Phi) is 4.53. The SMILES string of the molecule is COc1ccc(CC(=O)Cc2ccncc2Cl)cc1. The summed E-state index contributed by atoms with van der Waals surface area (Å²) in [6, 6.07) is 9.26. The van der Waals surface area contributed by atoms with Gasteiger partial charge in [-0.1, -0.05) is 23.7 Å². The van der Waals surface area contributed by atoms with Crippen LogP contribution in [0, 0.1) is 0 Å². The van der Waals surface area contributed by atoms with Crippen LogP contribution in [0.1, 0.15) is 11.1 Å². The number of ether oxygens (including phenoxy) is 1. The molecule has 0 unspecified atom stereocenters. The summed E-state index contributed by atoms with van der Waals surface area (Å²) in [5.41, 5.74) is 1.78. The Balaban J connectivity index is 1.99. The van der Waals surface area contributed by atoms with Crippen molar-refractivity contribution >= 4 is 17.4 Å². The molecule has 0 saturated carbocycles. The lowest BCUT2D eigenvalue weighted by atomic mass is 10.0. The topological polar surface area (TPSA) is 39.2 Å². The number of pyridine rings is 1. The first-order valence-electron chi connectivity index (χ1n) is 5.92. The molecule has 3 nitrogen and oxygen atoms in total. The second-order valence-electron chi connectivity index (χ2n) is 4.21. The highest BCUT2D eigenvalue weighted by molar-refractivity contribution is 6.31. The molecule has 0 saturated heterocycles. The number of benzene rings is 1. The van der Waals surface area contributed by atoms with Gasteiger partial charge in [0.1, 0.15) is 11.5 Å². The van der Waals surface area contributed by atoms with Crippen LogP contribution in [0.25, 0.3) is 0 Å². The largest absolute Gasteiger partial charge is 0.497 e. The Hall–Kier alpha value is -1.87. The van der Waals surface area contributed by atoms with Crippen LogP contribution in [-0.2, 0) is 17.6 Å². The van der Waals surface area contributed by atoms with Crippen LogP contribution in [0.3, 0.4) is 0 Å². The molecule has 0 amide bonds. The smallest absolute Gasteiger partial charge is 0.141 e. The maximum atomic E-state index is 12.0. The molecule has 1 aromatic carbocycles. The van der Waals surface area contributed by atoms with E-state index in [4.69, 9.17) is 16.3 Å². The van der Waals surface area contributed by atoms with Gasteiger partial charge >= 0.3 is 0 Å². The maximum Gasteiger partial charge on any atom is 0.141 e. The van der Waals surface area contributed by atoms with E-state index in [2.05, 4.69) is 4.98 Å².